The van der Waals surface area contributed by atoms with Gasteiger partial charge in [0.05, 0.1) is 6.61 Å². The Balaban J connectivity index is 1.53. The van der Waals surface area contributed by atoms with Crippen LogP contribution in [0.4, 0.5) is 5.69 Å². The van der Waals surface area contributed by atoms with Gasteiger partial charge in [-0.05, 0) is 30.5 Å². The van der Waals surface area contributed by atoms with E-state index in [0.29, 0.717) is 24.0 Å². The number of anilines is 1. The molecule has 2 N–H and O–H groups in total. The number of hydrogen-bond donors (Lipinski definition) is 2. The van der Waals surface area contributed by atoms with Crippen molar-refractivity contribution in [2.24, 2.45) is 5.92 Å². The van der Waals surface area contributed by atoms with Gasteiger partial charge < -0.3 is 24.6 Å². The summed E-state index contributed by atoms with van der Waals surface area (Å²) in [6.07, 6.45) is 2.42. The van der Waals surface area contributed by atoms with Crippen LogP contribution in [0.25, 0.3) is 0 Å². The molecular formula is C21H21NO5. The molecule has 6 nitrogen and oxygen atoms in total. The lowest BCUT2D eigenvalue weighted by molar-refractivity contribution is -0.136. The number of ether oxygens (including phenoxy) is 2. The molecule has 2 unspecified atom stereocenters. The number of hydrogen-bond acceptors (Lipinski definition) is 5. The van der Waals surface area contributed by atoms with Crippen LogP contribution in [-0.2, 0) is 10.2 Å². The molecule has 140 valence electrons. The van der Waals surface area contributed by atoms with Gasteiger partial charge in [-0.25, -0.2) is 0 Å². The van der Waals surface area contributed by atoms with Crippen molar-refractivity contribution < 1.29 is 24.5 Å². The van der Waals surface area contributed by atoms with Crippen LogP contribution < -0.4 is 14.4 Å². The smallest absolute Gasteiger partial charge is 0.262 e. The molecule has 0 aromatic heterocycles. The van der Waals surface area contributed by atoms with E-state index in [-0.39, 0.29) is 11.7 Å². The second kappa shape index (κ2) is 5.89. The summed E-state index contributed by atoms with van der Waals surface area (Å²) in [7, 11) is 0. The summed E-state index contributed by atoms with van der Waals surface area (Å²) in [5, 5.41) is 20.1. The Morgan fingerprint density at radius 1 is 1.11 bits per heavy atom. The number of nitrogens with zero attached hydrogens (tertiary/aromatic N) is 1. The van der Waals surface area contributed by atoms with Gasteiger partial charge in [0.1, 0.15) is 5.75 Å². The average Bonchev–Trinajstić information content (AvgIpc) is 3.35. The summed E-state index contributed by atoms with van der Waals surface area (Å²) in [6, 6.07) is 12.1. The highest BCUT2D eigenvalue weighted by Crippen LogP contribution is 2.49. The zero-order valence-electron chi connectivity index (χ0n) is 14.8. The number of phenolic OH excluding ortho intramolecular Hbond substituents is 1. The van der Waals surface area contributed by atoms with Crippen molar-refractivity contribution in [3.05, 3.63) is 48.0 Å². The first-order valence-corrected chi connectivity index (χ1v) is 9.32. The molecule has 1 fully saturated rings. The van der Waals surface area contributed by atoms with Gasteiger partial charge in [0.2, 0.25) is 5.91 Å². The van der Waals surface area contributed by atoms with Crippen molar-refractivity contribution in [1.82, 2.24) is 0 Å². The topological polar surface area (TPSA) is 79.2 Å². The predicted molar refractivity (Wildman–Crippen MR) is 98.1 cm³/mol. The van der Waals surface area contributed by atoms with Gasteiger partial charge in [-0.2, -0.15) is 0 Å². The molecule has 27 heavy (non-hydrogen) atoms. The van der Waals surface area contributed by atoms with Gasteiger partial charge in [0, 0.05) is 23.9 Å². The van der Waals surface area contributed by atoms with E-state index in [9.17, 15) is 15.0 Å². The SMILES string of the molecule is O=C1N(CCC2CC2)c2ccccc2C1(CO)C1Oc2ccc(O)cc2O1. The molecule has 2 aromatic carbocycles. The van der Waals surface area contributed by atoms with Crippen LogP contribution in [0.5, 0.6) is 17.2 Å². The zero-order valence-corrected chi connectivity index (χ0v) is 14.8. The number of fused-ring (bicyclic) bond motifs is 2. The van der Waals surface area contributed by atoms with E-state index in [2.05, 4.69) is 0 Å². The fraction of sp³-hybridized carbons (Fsp3) is 0.381. The van der Waals surface area contributed by atoms with Crippen molar-refractivity contribution in [3.63, 3.8) is 0 Å². The highest BCUT2D eigenvalue weighted by molar-refractivity contribution is 6.08. The minimum atomic E-state index is -1.32. The molecule has 2 atom stereocenters. The lowest BCUT2D eigenvalue weighted by atomic mass is 9.81. The maximum Gasteiger partial charge on any atom is 0.262 e. The van der Waals surface area contributed by atoms with E-state index in [4.69, 9.17) is 9.47 Å². The Labute approximate surface area is 156 Å². The molecule has 1 amide bonds. The third-order valence-corrected chi connectivity index (χ3v) is 5.81. The van der Waals surface area contributed by atoms with Gasteiger partial charge in [-0.3, -0.25) is 4.79 Å². The van der Waals surface area contributed by atoms with Gasteiger partial charge >= 0.3 is 0 Å². The van der Waals surface area contributed by atoms with Crippen molar-refractivity contribution in [2.75, 3.05) is 18.1 Å². The highest BCUT2D eigenvalue weighted by Gasteiger charge is 2.60. The fourth-order valence-electron chi connectivity index (χ4n) is 4.09. The average molecular weight is 367 g/mol. The molecule has 5 rings (SSSR count). The molecule has 6 heteroatoms. The zero-order chi connectivity index (χ0) is 18.6. The molecule has 0 spiro atoms. The van der Waals surface area contributed by atoms with Crippen molar-refractivity contribution >= 4 is 11.6 Å². The summed E-state index contributed by atoms with van der Waals surface area (Å²) in [5.74, 6) is 1.37. The molecule has 1 aliphatic carbocycles. The van der Waals surface area contributed by atoms with Gasteiger partial charge in [-0.1, -0.05) is 31.0 Å². The van der Waals surface area contributed by atoms with E-state index in [1.165, 1.54) is 25.0 Å². The first kappa shape index (κ1) is 16.4. The molecular weight excluding hydrogens is 346 g/mol. The third kappa shape index (κ3) is 2.40. The van der Waals surface area contributed by atoms with E-state index >= 15 is 0 Å². The van der Waals surface area contributed by atoms with Crippen LogP contribution in [0.2, 0.25) is 0 Å². The summed E-state index contributed by atoms with van der Waals surface area (Å²) in [6.45, 7) is 0.204. The second-order valence-electron chi connectivity index (χ2n) is 7.53. The monoisotopic (exact) mass is 367 g/mol. The van der Waals surface area contributed by atoms with Gasteiger partial charge in [0.25, 0.3) is 6.29 Å². The Morgan fingerprint density at radius 2 is 1.89 bits per heavy atom. The number of rotatable bonds is 5. The second-order valence-corrected chi connectivity index (χ2v) is 7.53. The number of carbonyl (C=O) groups is 1. The van der Waals surface area contributed by atoms with Crippen LogP contribution in [0, 0.1) is 5.92 Å². The largest absolute Gasteiger partial charge is 0.508 e. The molecule has 2 aliphatic heterocycles. The number of aliphatic hydroxyl groups is 1. The predicted octanol–water partition coefficient (Wildman–Crippen LogP) is 2.57. The molecule has 0 saturated heterocycles. The van der Waals surface area contributed by atoms with Crippen LogP contribution in [0.3, 0.4) is 0 Å². The van der Waals surface area contributed by atoms with Crippen LogP contribution in [0.15, 0.2) is 42.5 Å². The number of amides is 1. The number of aliphatic hydroxyl groups excluding tert-OH is 1. The molecule has 0 radical (unpaired) electrons. The molecule has 2 heterocycles. The minimum absolute atomic E-state index is 0.0558. The molecule has 2 aromatic rings. The Hall–Kier alpha value is -2.73. The Kier molecular flexibility index (Phi) is 3.59. The fourth-order valence-corrected chi connectivity index (χ4v) is 4.09. The molecule has 0 bridgehead atoms. The van der Waals surface area contributed by atoms with Crippen molar-refractivity contribution in [1.29, 1.82) is 0 Å². The van der Waals surface area contributed by atoms with Crippen LogP contribution >= 0.6 is 0 Å². The van der Waals surface area contributed by atoms with E-state index in [1.54, 1.807) is 11.0 Å². The summed E-state index contributed by atoms with van der Waals surface area (Å²) in [5.41, 5.74) is 0.202. The van der Waals surface area contributed by atoms with Gasteiger partial charge in [0.15, 0.2) is 16.9 Å². The van der Waals surface area contributed by atoms with Crippen LogP contribution in [-0.4, -0.2) is 35.6 Å². The van der Waals surface area contributed by atoms with Crippen molar-refractivity contribution in [3.8, 4) is 17.2 Å². The summed E-state index contributed by atoms with van der Waals surface area (Å²) in [4.78, 5) is 15.3. The lowest BCUT2D eigenvalue weighted by Gasteiger charge is -2.30. The quantitative estimate of drug-likeness (QED) is 0.849. The van der Waals surface area contributed by atoms with E-state index in [1.807, 2.05) is 24.3 Å². The Bertz CT molecular complexity index is 909. The number of carbonyl (C=O) groups excluding carboxylic acids is 1. The number of para-hydroxylation sites is 1. The number of benzene rings is 2. The van der Waals surface area contributed by atoms with E-state index in [0.717, 1.165) is 17.7 Å². The maximum atomic E-state index is 13.5. The number of aromatic hydroxyl groups is 1. The minimum Gasteiger partial charge on any atom is -0.508 e. The third-order valence-electron chi connectivity index (χ3n) is 5.81. The first-order chi connectivity index (χ1) is 13.1. The number of phenols is 1. The first-order valence-electron chi connectivity index (χ1n) is 9.32. The maximum absolute atomic E-state index is 13.5. The van der Waals surface area contributed by atoms with Gasteiger partial charge in [-0.15, -0.1) is 0 Å². The highest BCUT2D eigenvalue weighted by atomic mass is 16.7. The van der Waals surface area contributed by atoms with Crippen LogP contribution in [0.1, 0.15) is 24.8 Å². The standard InChI is InChI=1S/C21H21NO5/c23-12-21(20-26-17-8-7-14(24)11-18(17)27-20)15-3-1-2-4-16(15)22(19(21)25)10-9-13-5-6-13/h1-4,7-8,11,13,20,23-24H,5-6,9-10,12H2. The van der Waals surface area contributed by atoms with E-state index < -0.39 is 18.3 Å². The summed E-state index contributed by atoms with van der Waals surface area (Å²) >= 11 is 0. The molecule has 1 saturated carbocycles. The van der Waals surface area contributed by atoms with Crippen molar-refractivity contribution in [2.45, 2.75) is 31.0 Å². The normalized spacial score (nSPS) is 25.7. The Morgan fingerprint density at radius 3 is 2.67 bits per heavy atom. The summed E-state index contributed by atoms with van der Waals surface area (Å²) < 4.78 is 11.8. The molecule has 3 aliphatic rings. The lowest BCUT2D eigenvalue weighted by Crippen LogP contribution is -2.54.